The Hall–Kier alpha value is -2.20. The van der Waals surface area contributed by atoms with Crippen LogP contribution < -0.4 is 0 Å². The number of hydrogen-bond acceptors (Lipinski definition) is 1. The van der Waals surface area contributed by atoms with Crippen molar-refractivity contribution in [2.75, 3.05) is 0 Å². The fourth-order valence-corrected chi connectivity index (χ4v) is 3.05. The molecule has 2 aromatic rings. The second kappa shape index (κ2) is 7.71. The van der Waals surface area contributed by atoms with E-state index in [1.54, 1.807) is 0 Å². The summed E-state index contributed by atoms with van der Waals surface area (Å²) in [4.78, 5) is 2.36. The lowest BCUT2D eigenvalue weighted by molar-refractivity contribution is 0.261. The maximum Gasteiger partial charge on any atom is 0.0514 e. The Balaban J connectivity index is 1.77. The van der Waals surface area contributed by atoms with Gasteiger partial charge in [0.05, 0.1) is 6.54 Å². The monoisotopic (exact) mass is 289 g/mol. The van der Waals surface area contributed by atoms with Crippen molar-refractivity contribution >= 4 is 0 Å². The van der Waals surface area contributed by atoms with E-state index in [9.17, 15) is 0 Å². The Kier molecular flexibility index (Phi) is 5.16. The van der Waals surface area contributed by atoms with E-state index in [1.165, 1.54) is 30.4 Å². The molecule has 0 spiro atoms. The Morgan fingerprint density at radius 2 is 1.55 bits per heavy atom. The summed E-state index contributed by atoms with van der Waals surface area (Å²) in [6, 6.07) is 25.4. The van der Waals surface area contributed by atoms with Crippen molar-refractivity contribution in [3.05, 3.63) is 71.8 Å². The summed E-state index contributed by atoms with van der Waals surface area (Å²) in [5.41, 5.74) is 2.75. The molecule has 0 bridgehead atoms. The highest BCUT2D eigenvalue weighted by molar-refractivity contribution is 5.19. The predicted molar refractivity (Wildman–Crippen MR) is 92.2 cm³/mol. The van der Waals surface area contributed by atoms with Gasteiger partial charge in [-0.05, 0) is 30.4 Å². The molecule has 0 aliphatic carbocycles. The second-order valence-corrected chi connectivity index (χ2v) is 5.99. The van der Waals surface area contributed by atoms with Gasteiger partial charge >= 0.3 is 0 Å². The molecule has 0 radical (unpaired) electrons. The molecule has 0 saturated carbocycles. The fourth-order valence-electron chi connectivity index (χ4n) is 3.05. The standard InChI is InChI=1S/C21H23N/c1-2-10-16-22(18-20-13-7-4-8-14-20)21(15-9-1)17-19-11-5-3-6-12-19/h3-8,11-14,21H,1-2,9,15,17-18H2. The summed E-state index contributed by atoms with van der Waals surface area (Å²) in [5, 5.41) is 0. The van der Waals surface area contributed by atoms with Crippen LogP contribution >= 0.6 is 0 Å². The molecule has 0 N–H and O–H groups in total. The molecule has 0 saturated heterocycles. The van der Waals surface area contributed by atoms with Crippen molar-refractivity contribution in [2.24, 2.45) is 0 Å². The van der Waals surface area contributed by atoms with Crippen LogP contribution in [-0.2, 0) is 13.0 Å². The second-order valence-electron chi connectivity index (χ2n) is 5.99. The van der Waals surface area contributed by atoms with Gasteiger partial charge in [0, 0.05) is 18.5 Å². The Morgan fingerprint density at radius 1 is 0.864 bits per heavy atom. The first-order valence-electron chi connectivity index (χ1n) is 8.25. The molecule has 2 aromatic carbocycles. The maximum atomic E-state index is 3.42. The fraction of sp³-hybridized carbons (Fsp3) is 0.333. The van der Waals surface area contributed by atoms with Gasteiger partial charge in [-0.2, -0.15) is 0 Å². The summed E-state index contributed by atoms with van der Waals surface area (Å²) >= 11 is 0. The van der Waals surface area contributed by atoms with Crippen molar-refractivity contribution < 1.29 is 0 Å². The van der Waals surface area contributed by atoms with E-state index >= 15 is 0 Å². The zero-order valence-electron chi connectivity index (χ0n) is 13.0. The lowest BCUT2D eigenvalue weighted by atomic mass is 9.97. The van der Waals surface area contributed by atoms with Crippen LogP contribution in [0.15, 0.2) is 60.7 Å². The first-order valence-corrected chi connectivity index (χ1v) is 8.25. The average molecular weight is 289 g/mol. The first-order chi connectivity index (χ1) is 10.9. The van der Waals surface area contributed by atoms with Gasteiger partial charge in [0.15, 0.2) is 0 Å². The van der Waals surface area contributed by atoms with Gasteiger partial charge in [-0.1, -0.05) is 73.0 Å². The molecule has 1 unspecified atom stereocenters. The summed E-state index contributed by atoms with van der Waals surface area (Å²) < 4.78 is 0. The highest BCUT2D eigenvalue weighted by Crippen LogP contribution is 2.19. The normalized spacial score (nSPS) is 18.0. The van der Waals surface area contributed by atoms with Gasteiger partial charge in [0.1, 0.15) is 0 Å². The molecule has 22 heavy (non-hydrogen) atoms. The lowest BCUT2D eigenvalue weighted by Crippen LogP contribution is -2.33. The highest BCUT2D eigenvalue weighted by Gasteiger charge is 2.18. The molecule has 0 fully saturated rings. The molecule has 1 heterocycles. The molecule has 3 rings (SSSR count). The largest absolute Gasteiger partial charge is 0.325 e. The number of hydrogen-bond donors (Lipinski definition) is 0. The number of rotatable bonds is 4. The molecule has 112 valence electrons. The third-order valence-corrected chi connectivity index (χ3v) is 4.26. The molecule has 0 amide bonds. The first kappa shape index (κ1) is 14.7. The molecule has 1 heteroatoms. The highest BCUT2D eigenvalue weighted by atomic mass is 15.1. The quantitative estimate of drug-likeness (QED) is 0.741. The van der Waals surface area contributed by atoms with Crippen LogP contribution in [0, 0.1) is 12.0 Å². The van der Waals surface area contributed by atoms with Gasteiger partial charge in [-0.3, -0.25) is 0 Å². The lowest BCUT2D eigenvalue weighted by Gasteiger charge is -2.30. The maximum absolute atomic E-state index is 3.42. The number of benzene rings is 2. The van der Waals surface area contributed by atoms with E-state index in [0.29, 0.717) is 6.04 Å². The van der Waals surface area contributed by atoms with Gasteiger partial charge in [0.25, 0.3) is 0 Å². The van der Waals surface area contributed by atoms with Crippen molar-refractivity contribution in [1.82, 2.24) is 4.90 Å². The van der Waals surface area contributed by atoms with E-state index in [-0.39, 0.29) is 0 Å². The van der Waals surface area contributed by atoms with Crippen LogP contribution in [-0.4, -0.2) is 10.9 Å². The average Bonchev–Trinajstić information content (AvgIpc) is 2.55. The van der Waals surface area contributed by atoms with Gasteiger partial charge < -0.3 is 4.90 Å². The van der Waals surface area contributed by atoms with Crippen LogP contribution in [0.4, 0.5) is 0 Å². The van der Waals surface area contributed by atoms with Crippen molar-refractivity contribution in [3.63, 3.8) is 0 Å². The van der Waals surface area contributed by atoms with Gasteiger partial charge in [-0.15, -0.1) is 0 Å². The summed E-state index contributed by atoms with van der Waals surface area (Å²) in [7, 11) is 0. The van der Waals surface area contributed by atoms with Crippen LogP contribution in [0.1, 0.15) is 36.8 Å². The minimum Gasteiger partial charge on any atom is -0.325 e. The molecule has 1 aliphatic rings. The zero-order valence-corrected chi connectivity index (χ0v) is 13.0. The van der Waals surface area contributed by atoms with E-state index in [2.05, 4.69) is 77.5 Å². The SMILES string of the molecule is C1#CN(Cc2ccccc2)C(Cc2ccccc2)CCCC1. The Bertz CT molecular complexity index is 621. The molecule has 0 aromatic heterocycles. The zero-order chi connectivity index (χ0) is 15.0. The third kappa shape index (κ3) is 4.15. The van der Waals surface area contributed by atoms with Crippen LogP contribution in [0.2, 0.25) is 0 Å². The van der Waals surface area contributed by atoms with Crippen molar-refractivity contribution in [1.29, 1.82) is 0 Å². The van der Waals surface area contributed by atoms with Crippen LogP contribution in [0.25, 0.3) is 0 Å². The van der Waals surface area contributed by atoms with Crippen molar-refractivity contribution in [2.45, 2.75) is 44.7 Å². The Labute approximate surface area is 134 Å². The van der Waals surface area contributed by atoms with E-state index in [0.717, 1.165) is 19.4 Å². The molecular formula is C21H23N. The third-order valence-electron chi connectivity index (χ3n) is 4.26. The minimum absolute atomic E-state index is 0.510. The minimum atomic E-state index is 0.510. The molecule has 1 nitrogen and oxygen atoms in total. The number of nitrogens with zero attached hydrogens (tertiary/aromatic N) is 1. The Morgan fingerprint density at radius 3 is 2.27 bits per heavy atom. The smallest absolute Gasteiger partial charge is 0.0514 e. The summed E-state index contributed by atoms with van der Waals surface area (Å²) in [6.07, 6.45) is 5.86. The summed E-state index contributed by atoms with van der Waals surface area (Å²) in [5.74, 6) is 3.35. The van der Waals surface area contributed by atoms with E-state index in [4.69, 9.17) is 0 Å². The summed E-state index contributed by atoms with van der Waals surface area (Å²) in [6.45, 7) is 0.922. The van der Waals surface area contributed by atoms with E-state index < -0.39 is 0 Å². The molecule has 1 aliphatic heterocycles. The van der Waals surface area contributed by atoms with E-state index in [1.807, 2.05) is 0 Å². The molecular weight excluding hydrogens is 266 g/mol. The topological polar surface area (TPSA) is 3.24 Å². The molecule has 1 atom stereocenters. The van der Waals surface area contributed by atoms with Crippen molar-refractivity contribution in [3.8, 4) is 12.0 Å². The van der Waals surface area contributed by atoms with Gasteiger partial charge in [-0.25, -0.2) is 0 Å². The van der Waals surface area contributed by atoms with Gasteiger partial charge in [0.2, 0.25) is 0 Å². The van der Waals surface area contributed by atoms with Crippen LogP contribution in [0.5, 0.6) is 0 Å². The predicted octanol–water partition coefficient (Wildman–Crippen LogP) is 4.63. The van der Waals surface area contributed by atoms with Crippen LogP contribution in [0.3, 0.4) is 0 Å².